The molecule has 4 nitrogen and oxygen atoms in total. The lowest BCUT2D eigenvalue weighted by Crippen LogP contribution is -2.15. The van der Waals surface area contributed by atoms with Crippen LogP contribution in [0.25, 0.3) is 5.65 Å². The zero-order valence-electron chi connectivity index (χ0n) is 8.94. The summed E-state index contributed by atoms with van der Waals surface area (Å²) in [5, 5.41) is 7.88. The quantitative estimate of drug-likeness (QED) is 0.635. The molecule has 4 heteroatoms. The van der Waals surface area contributed by atoms with Crippen LogP contribution in [-0.2, 0) is 5.41 Å². The van der Waals surface area contributed by atoms with Gasteiger partial charge in [-0.2, -0.15) is 0 Å². The molecule has 0 aliphatic carbocycles. The topological polar surface area (TPSA) is 43.1 Å². The van der Waals surface area contributed by atoms with Gasteiger partial charge in [0.05, 0.1) is 5.69 Å². The fraction of sp³-hybridized carbons (Fsp3) is 0.500. The molecule has 2 rings (SSSR count). The lowest BCUT2D eigenvalue weighted by molar-refractivity contribution is 0.564. The van der Waals surface area contributed by atoms with Crippen LogP contribution in [0.4, 0.5) is 0 Å². The third-order valence-electron chi connectivity index (χ3n) is 2.24. The Morgan fingerprint density at radius 1 is 1.29 bits per heavy atom. The first-order valence-electron chi connectivity index (χ1n) is 4.66. The van der Waals surface area contributed by atoms with Crippen molar-refractivity contribution in [3.05, 3.63) is 23.9 Å². The molecule has 0 atom stereocenters. The van der Waals surface area contributed by atoms with E-state index in [4.69, 9.17) is 0 Å². The van der Waals surface area contributed by atoms with Crippen molar-refractivity contribution < 1.29 is 0 Å². The second-order valence-electron chi connectivity index (χ2n) is 4.50. The fourth-order valence-corrected chi connectivity index (χ4v) is 1.36. The molecule has 0 spiro atoms. The van der Waals surface area contributed by atoms with Crippen LogP contribution < -0.4 is 0 Å². The molecule has 0 fully saturated rings. The van der Waals surface area contributed by atoms with Crippen molar-refractivity contribution in [1.82, 2.24) is 19.6 Å². The summed E-state index contributed by atoms with van der Waals surface area (Å²) < 4.78 is 1.88. The lowest BCUT2D eigenvalue weighted by Gasteiger charge is -2.18. The number of nitrogens with zero attached hydrogens (tertiary/aromatic N) is 4. The van der Waals surface area contributed by atoms with Crippen LogP contribution in [0.3, 0.4) is 0 Å². The second-order valence-corrected chi connectivity index (χ2v) is 4.50. The Balaban J connectivity index is 2.70. The molecule has 2 heterocycles. The number of fused-ring (bicyclic) bond motifs is 1. The zero-order chi connectivity index (χ0) is 10.3. The van der Waals surface area contributed by atoms with Gasteiger partial charge < -0.3 is 0 Å². The third-order valence-corrected chi connectivity index (χ3v) is 2.24. The first kappa shape index (κ1) is 9.12. The predicted molar refractivity (Wildman–Crippen MR) is 54.2 cm³/mol. The van der Waals surface area contributed by atoms with Crippen molar-refractivity contribution in [1.29, 1.82) is 0 Å². The summed E-state index contributed by atoms with van der Waals surface area (Å²) in [7, 11) is 0. The number of aryl methyl sites for hydroxylation is 1. The van der Waals surface area contributed by atoms with Gasteiger partial charge >= 0.3 is 0 Å². The summed E-state index contributed by atoms with van der Waals surface area (Å²) in [6.07, 6.45) is 1.68. The summed E-state index contributed by atoms with van der Waals surface area (Å²) in [6.45, 7) is 8.39. The van der Waals surface area contributed by atoms with Gasteiger partial charge in [-0.25, -0.2) is 4.98 Å². The van der Waals surface area contributed by atoms with Gasteiger partial charge in [-0.15, -0.1) is 10.2 Å². The van der Waals surface area contributed by atoms with E-state index in [-0.39, 0.29) is 5.41 Å². The van der Waals surface area contributed by atoms with Crippen molar-refractivity contribution in [2.45, 2.75) is 33.1 Å². The van der Waals surface area contributed by atoms with E-state index in [1.54, 1.807) is 6.33 Å². The van der Waals surface area contributed by atoms with Gasteiger partial charge in [0, 0.05) is 11.5 Å². The highest BCUT2D eigenvalue weighted by Crippen LogP contribution is 2.21. The van der Waals surface area contributed by atoms with Crippen LogP contribution in [0.1, 0.15) is 32.3 Å². The fourth-order valence-electron chi connectivity index (χ4n) is 1.36. The Labute approximate surface area is 83.0 Å². The van der Waals surface area contributed by atoms with Crippen LogP contribution in [0.15, 0.2) is 12.4 Å². The highest BCUT2D eigenvalue weighted by molar-refractivity contribution is 5.40. The average Bonchev–Trinajstić information content (AvgIpc) is 2.50. The van der Waals surface area contributed by atoms with E-state index >= 15 is 0 Å². The number of aromatic nitrogens is 4. The Kier molecular flexibility index (Phi) is 1.80. The summed E-state index contributed by atoms with van der Waals surface area (Å²) in [6, 6.07) is 1.99. The Morgan fingerprint density at radius 3 is 2.64 bits per heavy atom. The van der Waals surface area contributed by atoms with Crippen LogP contribution in [0, 0.1) is 6.92 Å². The minimum absolute atomic E-state index is 0.0540. The SMILES string of the molecule is Cc1nc(C(C)(C)C)cc2nncn12. The first-order valence-corrected chi connectivity index (χ1v) is 4.66. The molecule has 74 valence electrons. The molecule has 2 aromatic heterocycles. The summed E-state index contributed by atoms with van der Waals surface area (Å²) in [5.41, 5.74) is 1.97. The maximum atomic E-state index is 4.53. The van der Waals surface area contributed by atoms with Crippen LogP contribution >= 0.6 is 0 Å². The van der Waals surface area contributed by atoms with Gasteiger partial charge in [0.1, 0.15) is 12.2 Å². The molecule has 14 heavy (non-hydrogen) atoms. The first-order chi connectivity index (χ1) is 6.48. The maximum Gasteiger partial charge on any atom is 0.163 e. The molecule has 0 aliphatic rings. The largest absolute Gasteiger partial charge is 0.269 e. The van der Waals surface area contributed by atoms with E-state index in [2.05, 4.69) is 36.0 Å². The standard InChI is InChI=1S/C10H14N4/c1-7-12-8(10(2,3)4)5-9-13-11-6-14(7)9/h5-6H,1-4H3. The van der Waals surface area contributed by atoms with E-state index in [0.29, 0.717) is 0 Å². The average molecular weight is 190 g/mol. The van der Waals surface area contributed by atoms with Gasteiger partial charge in [-0.1, -0.05) is 20.8 Å². The van der Waals surface area contributed by atoms with E-state index in [1.807, 2.05) is 17.4 Å². The lowest BCUT2D eigenvalue weighted by atomic mass is 9.92. The van der Waals surface area contributed by atoms with Gasteiger partial charge in [0.25, 0.3) is 0 Å². The highest BCUT2D eigenvalue weighted by Gasteiger charge is 2.17. The molecule has 0 aromatic carbocycles. The normalized spacial score (nSPS) is 12.3. The van der Waals surface area contributed by atoms with Crippen molar-refractivity contribution in [2.75, 3.05) is 0 Å². The van der Waals surface area contributed by atoms with E-state index in [1.165, 1.54) is 0 Å². The molecular weight excluding hydrogens is 176 g/mol. The highest BCUT2D eigenvalue weighted by atomic mass is 15.2. The summed E-state index contributed by atoms with van der Waals surface area (Å²) >= 11 is 0. The van der Waals surface area contributed by atoms with Gasteiger partial charge in [-0.05, 0) is 6.92 Å². The third kappa shape index (κ3) is 1.36. The van der Waals surface area contributed by atoms with Gasteiger partial charge in [-0.3, -0.25) is 4.40 Å². The monoisotopic (exact) mass is 190 g/mol. The Morgan fingerprint density at radius 2 is 2.00 bits per heavy atom. The van der Waals surface area contributed by atoms with Crippen LogP contribution in [-0.4, -0.2) is 19.6 Å². The van der Waals surface area contributed by atoms with Crippen LogP contribution in [0.5, 0.6) is 0 Å². The smallest absolute Gasteiger partial charge is 0.163 e. The van der Waals surface area contributed by atoms with E-state index in [9.17, 15) is 0 Å². The molecule has 0 amide bonds. The van der Waals surface area contributed by atoms with E-state index < -0.39 is 0 Å². The molecule has 0 saturated heterocycles. The van der Waals surface area contributed by atoms with Crippen molar-refractivity contribution in [3.63, 3.8) is 0 Å². The predicted octanol–water partition coefficient (Wildman–Crippen LogP) is 1.73. The van der Waals surface area contributed by atoms with Gasteiger partial charge in [0.15, 0.2) is 5.65 Å². The Bertz CT molecular complexity index is 464. The minimum atomic E-state index is 0.0540. The number of rotatable bonds is 0. The van der Waals surface area contributed by atoms with Crippen molar-refractivity contribution in [2.24, 2.45) is 0 Å². The number of hydrogen-bond donors (Lipinski definition) is 0. The minimum Gasteiger partial charge on any atom is -0.269 e. The molecular formula is C10H14N4. The van der Waals surface area contributed by atoms with Crippen LogP contribution in [0.2, 0.25) is 0 Å². The molecule has 0 N–H and O–H groups in total. The number of hydrogen-bond acceptors (Lipinski definition) is 3. The van der Waals surface area contributed by atoms with Crippen molar-refractivity contribution in [3.8, 4) is 0 Å². The van der Waals surface area contributed by atoms with Gasteiger partial charge in [0.2, 0.25) is 0 Å². The molecule has 0 aliphatic heterocycles. The van der Waals surface area contributed by atoms with E-state index in [0.717, 1.165) is 17.2 Å². The molecule has 0 radical (unpaired) electrons. The molecule has 0 bridgehead atoms. The molecule has 0 saturated carbocycles. The zero-order valence-corrected chi connectivity index (χ0v) is 8.94. The second kappa shape index (κ2) is 2.77. The maximum absolute atomic E-state index is 4.53. The molecule has 2 aromatic rings. The van der Waals surface area contributed by atoms with Crippen molar-refractivity contribution >= 4 is 5.65 Å². The Hall–Kier alpha value is -1.45. The summed E-state index contributed by atoms with van der Waals surface area (Å²) in [5.74, 6) is 0.928. The summed E-state index contributed by atoms with van der Waals surface area (Å²) in [4.78, 5) is 4.53. The molecule has 0 unspecified atom stereocenters.